The fourth-order valence-electron chi connectivity index (χ4n) is 0.953. The molecule has 1 rings (SSSR count). The molecule has 1 radical (unpaired) electrons. The van der Waals surface area contributed by atoms with Crippen LogP contribution in [0.5, 0.6) is 0 Å². The molecule has 3 heteroatoms. The van der Waals surface area contributed by atoms with Gasteiger partial charge in [0, 0.05) is 4.90 Å². The normalized spacial score (nSPS) is 10.0. The molecule has 0 spiro atoms. The van der Waals surface area contributed by atoms with Crippen LogP contribution >= 0.6 is 11.8 Å². The van der Waals surface area contributed by atoms with Crippen LogP contribution in [-0.2, 0) is 4.79 Å². The van der Waals surface area contributed by atoms with E-state index >= 15 is 0 Å². The van der Waals surface area contributed by atoms with Gasteiger partial charge in [0.15, 0.2) is 0 Å². The zero-order chi connectivity index (χ0) is 9.84. The number of benzene rings is 1. The van der Waals surface area contributed by atoms with Crippen LogP contribution in [0.1, 0.15) is 11.1 Å². The minimum atomic E-state index is -0.525. The van der Waals surface area contributed by atoms with Crippen molar-refractivity contribution in [2.75, 3.05) is 5.75 Å². The van der Waals surface area contributed by atoms with E-state index in [1.807, 2.05) is 25.1 Å². The predicted molar refractivity (Wildman–Crippen MR) is 54.7 cm³/mol. The maximum Gasteiger partial charge on any atom is 0.248 e. The van der Waals surface area contributed by atoms with Gasteiger partial charge in [0.25, 0.3) is 0 Å². The van der Waals surface area contributed by atoms with E-state index in [2.05, 4.69) is 6.92 Å². The first-order valence-electron chi connectivity index (χ1n) is 4.04. The molecule has 13 heavy (non-hydrogen) atoms. The van der Waals surface area contributed by atoms with Crippen molar-refractivity contribution in [3.05, 3.63) is 29.3 Å². The summed E-state index contributed by atoms with van der Waals surface area (Å²) < 4.78 is 0. The summed E-state index contributed by atoms with van der Waals surface area (Å²) in [5.41, 5.74) is 9.24. The van der Waals surface area contributed by atoms with Gasteiger partial charge in [-0.25, -0.2) is 0 Å². The number of hydrogen-bond donors (Lipinski definition) is 0. The largest absolute Gasteiger partial charge is 0.272 e. The van der Waals surface area contributed by atoms with Crippen molar-refractivity contribution in [3.8, 4) is 0 Å². The van der Waals surface area contributed by atoms with Gasteiger partial charge in [-0.1, -0.05) is 6.07 Å². The van der Waals surface area contributed by atoms with Gasteiger partial charge < -0.3 is 0 Å². The molecule has 0 atom stereocenters. The first kappa shape index (κ1) is 10.1. The molecule has 0 fully saturated rings. The van der Waals surface area contributed by atoms with Crippen LogP contribution in [0.25, 0.3) is 0 Å². The molecule has 1 N–H and O–H groups in total. The van der Waals surface area contributed by atoms with Crippen molar-refractivity contribution in [2.24, 2.45) is 0 Å². The lowest BCUT2D eigenvalue weighted by Gasteiger charge is -2.02. The molecule has 0 aliphatic carbocycles. The number of carbonyl (C=O) groups is 1. The second kappa shape index (κ2) is 4.33. The number of thioether (sulfide) groups is 1. The molecule has 0 heterocycles. The fraction of sp³-hybridized carbons (Fsp3) is 0.300. The smallest absolute Gasteiger partial charge is 0.248 e. The topological polar surface area (TPSA) is 40.9 Å². The first-order valence-corrected chi connectivity index (χ1v) is 5.02. The number of rotatable bonds is 3. The molecular formula is C10H12NOS. The Morgan fingerprint density at radius 2 is 2.08 bits per heavy atom. The van der Waals surface area contributed by atoms with Gasteiger partial charge in [0.1, 0.15) is 0 Å². The van der Waals surface area contributed by atoms with Gasteiger partial charge in [-0.2, -0.15) is 0 Å². The third kappa shape index (κ3) is 3.11. The number of amides is 1. The highest BCUT2D eigenvalue weighted by molar-refractivity contribution is 8.00. The summed E-state index contributed by atoms with van der Waals surface area (Å²) in [5, 5.41) is 0. The lowest BCUT2D eigenvalue weighted by molar-refractivity contribution is -0.116. The van der Waals surface area contributed by atoms with Crippen molar-refractivity contribution in [2.45, 2.75) is 18.7 Å². The van der Waals surface area contributed by atoms with Crippen LogP contribution in [0.2, 0.25) is 0 Å². The molecule has 1 aromatic carbocycles. The number of hydrogen-bond acceptors (Lipinski definition) is 2. The maximum atomic E-state index is 10.4. The summed E-state index contributed by atoms with van der Waals surface area (Å²) in [6, 6.07) is 6.06. The Bertz CT molecular complexity index is 323. The third-order valence-corrected chi connectivity index (χ3v) is 2.84. The van der Waals surface area contributed by atoms with E-state index in [9.17, 15) is 4.79 Å². The summed E-state index contributed by atoms with van der Waals surface area (Å²) in [6.45, 7) is 4.10. The predicted octanol–water partition coefficient (Wildman–Crippen LogP) is 2.21. The standard InChI is InChI=1S/C10H12NOS/c1-7-3-4-9(5-8(7)2)13-6-10(11)12/h3-5,11H,6H2,1-2H3. The van der Waals surface area contributed by atoms with Crippen molar-refractivity contribution >= 4 is 17.7 Å². The average Bonchev–Trinajstić information content (AvgIpc) is 2.07. The van der Waals surface area contributed by atoms with E-state index in [1.54, 1.807) is 0 Å². The van der Waals surface area contributed by atoms with Gasteiger partial charge in [-0.05, 0) is 37.1 Å². The number of carbonyl (C=O) groups excluding carboxylic acids is 1. The quantitative estimate of drug-likeness (QED) is 0.692. The molecule has 0 aliphatic rings. The third-order valence-electron chi connectivity index (χ3n) is 1.85. The highest BCUT2D eigenvalue weighted by Crippen LogP contribution is 2.20. The molecule has 0 bridgehead atoms. The van der Waals surface area contributed by atoms with E-state index in [0.717, 1.165) is 4.90 Å². The van der Waals surface area contributed by atoms with Crippen molar-refractivity contribution in [3.63, 3.8) is 0 Å². The molecule has 1 aromatic rings. The number of nitrogens with one attached hydrogen (secondary N) is 1. The zero-order valence-corrected chi connectivity index (χ0v) is 8.57. The summed E-state index contributed by atoms with van der Waals surface area (Å²) in [5.74, 6) is -0.286. The molecule has 0 saturated carbocycles. The Morgan fingerprint density at radius 3 is 2.62 bits per heavy atom. The Kier molecular flexibility index (Phi) is 3.37. The zero-order valence-electron chi connectivity index (χ0n) is 7.76. The summed E-state index contributed by atoms with van der Waals surface area (Å²) in [4.78, 5) is 11.5. The average molecular weight is 194 g/mol. The van der Waals surface area contributed by atoms with Gasteiger partial charge in [0.2, 0.25) is 5.91 Å². The SMILES string of the molecule is Cc1ccc(SCC([NH])=O)cc1C. The van der Waals surface area contributed by atoms with Crippen LogP contribution in [-0.4, -0.2) is 11.7 Å². The minimum Gasteiger partial charge on any atom is -0.272 e. The molecule has 0 saturated heterocycles. The van der Waals surface area contributed by atoms with E-state index in [0.29, 0.717) is 0 Å². The van der Waals surface area contributed by atoms with E-state index in [1.165, 1.54) is 22.9 Å². The monoisotopic (exact) mass is 194 g/mol. The lowest BCUT2D eigenvalue weighted by Crippen LogP contribution is -2.00. The van der Waals surface area contributed by atoms with Crippen molar-refractivity contribution in [1.29, 1.82) is 0 Å². The van der Waals surface area contributed by atoms with E-state index < -0.39 is 5.91 Å². The van der Waals surface area contributed by atoms with Gasteiger partial charge in [-0.15, -0.1) is 11.8 Å². The van der Waals surface area contributed by atoms with Gasteiger partial charge >= 0.3 is 0 Å². The van der Waals surface area contributed by atoms with Crippen LogP contribution in [0.15, 0.2) is 23.1 Å². The van der Waals surface area contributed by atoms with Gasteiger partial charge in [0.05, 0.1) is 5.75 Å². The molecular weight excluding hydrogens is 182 g/mol. The highest BCUT2D eigenvalue weighted by atomic mass is 32.2. The van der Waals surface area contributed by atoms with Crippen LogP contribution in [0.3, 0.4) is 0 Å². The Labute approximate surface area is 82.5 Å². The Hall–Kier alpha value is -0.960. The van der Waals surface area contributed by atoms with E-state index in [-0.39, 0.29) is 5.75 Å². The second-order valence-electron chi connectivity index (χ2n) is 2.96. The number of aryl methyl sites for hydroxylation is 2. The Balaban J connectivity index is 2.68. The summed E-state index contributed by atoms with van der Waals surface area (Å²) in [6.07, 6.45) is 0. The van der Waals surface area contributed by atoms with Gasteiger partial charge in [-0.3, -0.25) is 10.5 Å². The fourth-order valence-corrected chi connectivity index (χ4v) is 1.67. The van der Waals surface area contributed by atoms with Crippen LogP contribution in [0, 0.1) is 13.8 Å². The molecule has 2 nitrogen and oxygen atoms in total. The lowest BCUT2D eigenvalue weighted by atomic mass is 10.1. The summed E-state index contributed by atoms with van der Waals surface area (Å²) >= 11 is 1.41. The highest BCUT2D eigenvalue weighted by Gasteiger charge is 1.99. The van der Waals surface area contributed by atoms with Crippen molar-refractivity contribution in [1.82, 2.24) is 5.73 Å². The molecule has 69 valence electrons. The Morgan fingerprint density at radius 1 is 1.38 bits per heavy atom. The van der Waals surface area contributed by atoms with Crippen molar-refractivity contribution < 1.29 is 4.79 Å². The van der Waals surface area contributed by atoms with Crippen LogP contribution < -0.4 is 5.73 Å². The second-order valence-corrected chi connectivity index (χ2v) is 4.01. The van der Waals surface area contributed by atoms with E-state index in [4.69, 9.17) is 5.73 Å². The molecule has 0 unspecified atom stereocenters. The molecule has 0 aromatic heterocycles. The molecule has 1 amide bonds. The molecule has 0 aliphatic heterocycles. The summed E-state index contributed by atoms with van der Waals surface area (Å²) in [7, 11) is 0. The van der Waals surface area contributed by atoms with Crippen LogP contribution in [0.4, 0.5) is 0 Å². The first-order chi connectivity index (χ1) is 6.09. The minimum absolute atomic E-state index is 0.239. The maximum absolute atomic E-state index is 10.4.